The smallest absolute Gasteiger partial charge is 0.377 e. The topological polar surface area (TPSA) is 71.0 Å². The van der Waals surface area contributed by atoms with E-state index in [1.54, 1.807) is 6.07 Å². The van der Waals surface area contributed by atoms with E-state index in [-0.39, 0.29) is 12.1 Å². The van der Waals surface area contributed by atoms with Crippen LogP contribution >= 0.6 is 11.6 Å². The summed E-state index contributed by atoms with van der Waals surface area (Å²) in [6.45, 7) is 4.73. The summed E-state index contributed by atoms with van der Waals surface area (Å²) < 4.78 is 11.5. The van der Waals surface area contributed by atoms with E-state index in [4.69, 9.17) is 21.1 Å². The molecule has 2 unspecified atom stereocenters. The van der Waals surface area contributed by atoms with Gasteiger partial charge in [-0.05, 0) is 26.1 Å². The van der Waals surface area contributed by atoms with Crippen molar-refractivity contribution < 1.29 is 14.5 Å². The normalized spacial score (nSPS) is 30.3. The molecule has 4 rings (SSSR count). The Labute approximate surface area is 147 Å². The molecule has 2 saturated heterocycles. The van der Waals surface area contributed by atoms with Gasteiger partial charge in [0.15, 0.2) is 16.7 Å². The van der Waals surface area contributed by atoms with Crippen LogP contribution in [-0.2, 0) is 4.74 Å². The highest BCUT2D eigenvalue weighted by Crippen LogP contribution is 2.37. The van der Waals surface area contributed by atoms with Crippen LogP contribution in [0.15, 0.2) is 6.07 Å². The zero-order valence-corrected chi connectivity index (χ0v) is 14.5. The lowest BCUT2D eigenvalue weighted by Gasteiger charge is -2.51. The third-order valence-electron chi connectivity index (χ3n) is 5.21. The Morgan fingerprint density at radius 3 is 2.71 bits per heavy atom. The zero-order valence-electron chi connectivity index (χ0n) is 13.8. The van der Waals surface area contributed by atoms with Gasteiger partial charge in [-0.15, -0.1) is 10.2 Å². The molecule has 0 radical (unpaired) electrons. The summed E-state index contributed by atoms with van der Waals surface area (Å²) in [6, 6.07) is 2.55. The Balaban J connectivity index is 1.61. The number of ether oxygens (including phenoxy) is 2. The van der Waals surface area contributed by atoms with Gasteiger partial charge in [0, 0.05) is 30.7 Å². The molecule has 0 aromatic carbocycles. The predicted octanol–water partition coefficient (Wildman–Crippen LogP) is 1.06. The van der Waals surface area contributed by atoms with E-state index in [1.807, 2.05) is 6.82 Å². The first-order valence-corrected chi connectivity index (χ1v) is 8.97. The lowest BCUT2D eigenvalue weighted by atomic mass is 9.75. The maximum atomic E-state index is 10.1. The summed E-state index contributed by atoms with van der Waals surface area (Å²) in [5, 5.41) is 18.8. The van der Waals surface area contributed by atoms with Gasteiger partial charge in [0.05, 0.1) is 19.8 Å². The molecule has 130 valence electrons. The first-order chi connectivity index (χ1) is 11.6. The molecule has 3 aliphatic heterocycles. The minimum Gasteiger partial charge on any atom is -0.489 e. The molecule has 0 aliphatic carbocycles. The van der Waals surface area contributed by atoms with E-state index >= 15 is 0 Å². The van der Waals surface area contributed by atoms with Crippen LogP contribution in [0.1, 0.15) is 19.3 Å². The fraction of sp³-hybridized carbons (Fsp3) is 0.733. The quantitative estimate of drug-likeness (QED) is 0.798. The van der Waals surface area contributed by atoms with Crippen molar-refractivity contribution in [2.45, 2.75) is 44.2 Å². The third kappa shape index (κ3) is 2.96. The van der Waals surface area contributed by atoms with Crippen LogP contribution in [-0.4, -0.2) is 71.6 Å². The van der Waals surface area contributed by atoms with Gasteiger partial charge in [-0.25, -0.2) is 0 Å². The minimum atomic E-state index is -0.441. The second-order valence-electron chi connectivity index (χ2n) is 6.80. The number of halogens is 1. The summed E-state index contributed by atoms with van der Waals surface area (Å²) in [5.41, 5.74) is 0. The molecule has 24 heavy (non-hydrogen) atoms. The standard InChI is InChI=1S/C15H22BClN4O3/c1-16(22)21-11-5-10(6-12(21)9-23-8-11)20-3-2-4-24-13-7-14(17)18-19-15(13)20/h7,10-12,22H,2-6,8-9H2,1H3. The first-order valence-electron chi connectivity index (χ1n) is 8.59. The van der Waals surface area contributed by atoms with Crippen molar-refractivity contribution in [2.75, 3.05) is 31.3 Å². The monoisotopic (exact) mass is 352 g/mol. The molecule has 2 atom stereocenters. The fourth-order valence-corrected chi connectivity index (χ4v) is 4.45. The summed E-state index contributed by atoms with van der Waals surface area (Å²) in [4.78, 5) is 4.51. The molecule has 1 aromatic rings. The molecule has 9 heteroatoms. The van der Waals surface area contributed by atoms with Gasteiger partial charge in [0.1, 0.15) is 0 Å². The van der Waals surface area contributed by atoms with Gasteiger partial charge >= 0.3 is 7.05 Å². The Kier molecular flexibility index (Phi) is 4.55. The van der Waals surface area contributed by atoms with E-state index in [0.717, 1.165) is 31.6 Å². The van der Waals surface area contributed by atoms with Crippen LogP contribution in [0, 0.1) is 0 Å². The maximum Gasteiger partial charge on any atom is 0.377 e. The van der Waals surface area contributed by atoms with E-state index in [9.17, 15) is 5.02 Å². The van der Waals surface area contributed by atoms with Gasteiger partial charge in [0.2, 0.25) is 0 Å². The molecule has 0 spiro atoms. The Hall–Kier alpha value is -1.09. The zero-order chi connectivity index (χ0) is 16.7. The van der Waals surface area contributed by atoms with Gasteiger partial charge in [-0.1, -0.05) is 11.6 Å². The molecule has 3 aliphatic rings. The van der Waals surface area contributed by atoms with Gasteiger partial charge in [-0.2, -0.15) is 0 Å². The van der Waals surface area contributed by atoms with Crippen molar-refractivity contribution in [2.24, 2.45) is 0 Å². The summed E-state index contributed by atoms with van der Waals surface area (Å²) >= 11 is 5.97. The molecule has 4 heterocycles. The number of hydrogen-bond acceptors (Lipinski definition) is 7. The molecule has 0 saturated carbocycles. The number of aromatic nitrogens is 2. The highest BCUT2D eigenvalue weighted by Gasteiger charge is 2.44. The number of anilines is 1. The molecule has 2 fully saturated rings. The SMILES string of the molecule is CB(O)N1C2COCC1CC(N1CCCOc3cc(Cl)nnc31)C2. The number of piperidine rings is 1. The second kappa shape index (κ2) is 6.67. The first kappa shape index (κ1) is 16.4. The van der Waals surface area contributed by atoms with Crippen molar-refractivity contribution in [1.29, 1.82) is 0 Å². The van der Waals surface area contributed by atoms with Gasteiger partial charge in [-0.3, -0.25) is 0 Å². The van der Waals surface area contributed by atoms with Crippen LogP contribution in [0.5, 0.6) is 5.75 Å². The van der Waals surface area contributed by atoms with E-state index in [1.165, 1.54) is 0 Å². The van der Waals surface area contributed by atoms with Gasteiger partial charge < -0.3 is 24.2 Å². The van der Waals surface area contributed by atoms with E-state index < -0.39 is 7.05 Å². The number of rotatable bonds is 2. The van der Waals surface area contributed by atoms with Crippen LogP contribution in [0.3, 0.4) is 0 Å². The Morgan fingerprint density at radius 1 is 1.25 bits per heavy atom. The molecule has 0 amide bonds. The summed E-state index contributed by atoms with van der Waals surface area (Å²) in [7, 11) is -0.441. The maximum absolute atomic E-state index is 10.1. The lowest BCUT2D eigenvalue weighted by Crippen LogP contribution is -2.64. The molecular formula is C15H22BClN4O3. The summed E-state index contributed by atoms with van der Waals surface area (Å²) in [5.74, 6) is 1.50. The fourth-order valence-electron chi connectivity index (χ4n) is 4.31. The molecule has 2 bridgehead atoms. The van der Waals surface area contributed by atoms with Gasteiger partial charge in [0.25, 0.3) is 0 Å². The van der Waals surface area contributed by atoms with Crippen molar-refractivity contribution in [3.63, 3.8) is 0 Å². The number of morpholine rings is 1. The van der Waals surface area contributed by atoms with Crippen molar-refractivity contribution in [1.82, 2.24) is 15.0 Å². The van der Waals surface area contributed by atoms with Crippen molar-refractivity contribution in [3.05, 3.63) is 11.2 Å². The average Bonchev–Trinajstić information content (AvgIpc) is 2.75. The van der Waals surface area contributed by atoms with Crippen LogP contribution < -0.4 is 9.64 Å². The Bertz CT molecular complexity index is 594. The Morgan fingerprint density at radius 2 is 2.00 bits per heavy atom. The van der Waals surface area contributed by atoms with Crippen LogP contribution in [0.25, 0.3) is 0 Å². The highest BCUT2D eigenvalue weighted by molar-refractivity contribution is 6.45. The minimum absolute atomic E-state index is 0.232. The molecular weight excluding hydrogens is 330 g/mol. The van der Waals surface area contributed by atoms with Crippen LogP contribution in [0.2, 0.25) is 12.0 Å². The molecule has 1 N–H and O–H groups in total. The number of hydrogen-bond donors (Lipinski definition) is 1. The van der Waals surface area contributed by atoms with Crippen LogP contribution in [0.4, 0.5) is 5.82 Å². The third-order valence-corrected chi connectivity index (χ3v) is 5.39. The van der Waals surface area contributed by atoms with E-state index in [0.29, 0.717) is 36.8 Å². The van der Waals surface area contributed by atoms with Crippen molar-refractivity contribution >= 4 is 24.5 Å². The predicted molar refractivity (Wildman–Crippen MR) is 91.6 cm³/mol. The lowest BCUT2D eigenvalue weighted by molar-refractivity contribution is -0.0444. The molecule has 7 nitrogen and oxygen atoms in total. The largest absolute Gasteiger partial charge is 0.489 e. The average molecular weight is 353 g/mol. The van der Waals surface area contributed by atoms with E-state index in [2.05, 4.69) is 19.9 Å². The second-order valence-corrected chi connectivity index (χ2v) is 7.19. The number of fused-ring (bicyclic) bond motifs is 3. The highest BCUT2D eigenvalue weighted by atomic mass is 35.5. The summed E-state index contributed by atoms with van der Waals surface area (Å²) in [6.07, 6.45) is 2.81. The molecule has 1 aromatic heterocycles. The van der Waals surface area contributed by atoms with Crippen molar-refractivity contribution in [3.8, 4) is 5.75 Å². The number of nitrogens with zero attached hydrogens (tertiary/aromatic N) is 4.